The van der Waals surface area contributed by atoms with Gasteiger partial charge in [0.2, 0.25) is 0 Å². The number of fused-ring (bicyclic) bond motifs is 1. The Labute approximate surface area is 151 Å². The Hall–Kier alpha value is -3.08. The van der Waals surface area contributed by atoms with Crippen molar-refractivity contribution in [3.05, 3.63) is 76.1 Å². The van der Waals surface area contributed by atoms with Crippen LogP contribution in [0.25, 0.3) is 11.0 Å². The van der Waals surface area contributed by atoms with Crippen LogP contribution in [-0.2, 0) is 11.2 Å². The van der Waals surface area contributed by atoms with Crippen molar-refractivity contribution in [2.24, 2.45) is 0 Å². The standard InChI is InChI=1S/C21H21NO4/c1-3-15-4-6-16(7-5-15)14(2)22-20(23)13-25-18-10-8-17-9-11-21(24)26-19(17)12-18/h4-12,14H,3,13H2,1-2H3,(H,22,23)/t14-/m0/s1. The van der Waals surface area contributed by atoms with Crippen LogP contribution in [0.3, 0.4) is 0 Å². The van der Waals surface area contributed by atoms with E-state index in [1.54, 1.807) is 24.3 Å². The van der Waals surface area contributed by atoms with Crippen molar-refractivity contribution in [2.45, 2.75) is 26.3 Å². The summed E-state index contributed by atoms with van der Waals surface area (Å²) in [7, 11) is 0. The van der Waals surface area contributed by atoms with E-state index in [0.717, 1.165) is 17.4 Å². The van der Waals surface area contributed by atoms with Crippen molar-refractivity contribution in [2.75, 3.05) is 6.61 Å². The van der Waals surface area contributed by atoms with Gasteiger partial charge in [-0.15, -0.1) is 0 Å². The second-order valence-corrected chi connectivity index (χ2v) is 6.13. The van der Waals surface area contributed by atoms with Crippen molar-refractivity contribution >= 4 is 16.9 Å². The molecule has 0 spiro atoms. The molecule has 26 heavy (non-hydrogen) atoms. The molecule has 1 atom stereocenters. The van der Waals surface area contributed by atoms with Gasteiger partial charge in [-0.1, -0.05) is 31.2 Å². The average molecular weight is 351 g/mol. The van der Waals surface area contributed by atoms with Crippen LogP contribution in [0.4, 0.5) is 0 Å². The fraction of sp³-hybridized carbons (Fsp3) is 0.238. The van der Waals surface area contributed by atoms with Gasteiger partial charge in [0.05, 0.1) is 6.04 Å². The van der Waals surface area contributed by atoms with Crippen molar-refractivity contribution in [1.82, 2.24) is 5.32 Å². The normalized spacial score (nSPS) is 11.9. The molecule has 0 unspecified atom stereocenters. The first-order valence-electron chi connectivity index (χ1n) is 8.60. The number of amides is 1. The van der Waals surface area contributed by atoms with E-state index in [-0.39, 0.29) is 18.6 Å². The van der Waals surface area contributed by atoms with E-state index >= 15 is 0 Å². The minimum absolute atomic E-state index is 0.105. The first-order valence-corrected chi connectivity index (χ1v) is 8.60. The Morgan fingerprint density at radius 1 is 1.12 bits per heavy atom. The minimum atomic E-state index is -0.421. The Bertz CT molecular complexity index is 960. The minimum Gasteiger partial charge on any atom is -0.484 e. The maximum atomic E-state index is 12.1. The first kappa shape index (κ1) is 17.7. The van der Waals surface area contributed by atoms with Gasteiger partial charge in [-0.05, 0) is 42.7 Å². The molecular weight excluding hydrogens is 330 g/mol. The Kier molecular flexibility index (Phi) is 5.37. The van der Waals surface area contributed by atoms with Gasteiger partial charge in [0, 0.05) is 17.5 Å². The third-order valence-electron chi connectivity index (χ3n) is 4.23. The van der Waals surface area contributed by atoms with Gasteiger partial charge in [-0.2, -0.15) is 0 Å². The molecule has 0 aliphatic carbocycles. The summed E-state index contributed by atoms with van der Waals surface area (Å²) in [5.74, 6) is 0.258. The lowest BCUT2D eigenvalue weighted by Gasteiger charge is -2.15. The van der Waals surface area contributed by atoms with Gasteiger partial charge in [0.1, 0.15) is 11.3 Å². The molecule has 1 aromatic heterocycles. The van der Waals surface area contributed by atoms with E-state index in [2.05, 4.69) is 24.4 Å². The van der Waals surface area contributed by atoms with Gasteiger partial charge >= 0.3 is 5.63 Å². The van der Waals surface area contributed by atoms with Crippen LogP contribution in [0.2, 0.25) is 0 Å². The second-order valence-electron chi connectivity index (χ2n) is 6.13. The SMILES string of the molecule is CCc1ccc([C@H](C)NC(=O)COc2ccc3ccc(=O)oc3c2)cc1. The van der Waals surface area contributed by atoms with E-state index < -0.39 is 5.63 Å². The molecule has 3 aromatic rings. The fourth-order valence-electron chi connectivity index (χ4n) is 2.69. The lowest BCUT2D eigenvalue weighted by atomic mass is 10.1. The topological polar surface area (TPSA) is 68.5 Å². The van der Waals surface area contributed by atoms with Gasteiger partial charge < -0.3 is 14.5 Å². The predicted molar refractivity (Wildman–Crippen MR) is 100 cm³/mol. The van der Waals surface area contributed by atoms with Gasteiger partial charge in [0.15, 0.2) is 6.61 Å². The Balaban J connectivity index is 1.58. The molecule has 0 saturated carbocycles. The van der Waals surface area contributed by atoms with Crippen LogP contribution in [0, 0.1) is 0 Å². The maximum absolute atomic E-state index is 12.1. The van der Waals surface area contributed by atoms with Crippen molar-refractivity contribution < 1.29 is 13.9 Å². The number of hydrogen-bond donors (Lipinski definition) is 1. The number of ether oxygens (including phenoxy) is 1. The summed E-state index contributed by atoms with van der Waals surface area (Å²) in [6, 6.07) is 16.3. The summed E-state index contributed by atoms with van der Waals surface area (Å²) in [4.78, 5) is 23.4. The first-order chi connectivity index (χ1) is 12.5. The molecule has 0 radical (unpaired) electrons. The highest BCUT2D eigenvalue weighted by Gasteiger charge is 2.10. The van der Waals surface area contributed by atoms with Crippen molar-refractivity contribution in [3.8, 4) is 5.75 Å². The molecule has 1 N–H and O–H groups in total. The second kappa shape index (κ2) is 7.87. The van der Waals surface area contributed by atoms with E-state index in [1.807, 2.05) is 19.1 Å². The molecule has 134 valence electrons. The van der Waals surface area contributed by atoms with Crippen LogP contribution < -0.4 is 15.7 Å². The van der Waals surface area contributed by atoms with Crippen LogP contribution in [0.5, 0.6) is 5.75 Å². The average Bonchev–Trinajstić information content (AvgIpc) is 2.66. The smallest absolute Gasteiger partial charge is 0.336 e. The third-order valence-corrected chi connectivity index (χ3v) is 4.23. The lowest BCUT2D eigenvalue weighted by Crippen LogP contribution is -2.31. The van der Waals surface area contributed by atoms with Crippen LogP contribution in [0.1, 0.15) is 31.0 Å². The zero-order valence-electron chi connectivity index (χ0n) is 14.8. The monoisotopic (exact) mass is 351 g/mol. The molecule has 1 amide bonds. The van der Waals surface area contributed by atoms with Crippen LogP contribution in [-0.4, -0.2) is 12.5 Å². The summed E-state index contributed by atoms with van der Waals surface area (Å²) in [5.41, 5.74) is 2.32. The van der Waals surface area contributed by atoms with E-state index in [9.17, 15) is 9.59 Å². The van der Waals surface area contributed by atoms with E-state index in [4.69, 9.17) is 9.15 Å². The molecule has 1 heterocycles. The summed E-state index contributed by atoms with van der Waals surface area (Å²) >= 11 is 0. The van der Waals surface area contributed by atoms with Gasteiger partial charge in [-0.3, -0.25) is 4.79 Å². The summed E-state index contributed by atoms with van der Waals surface area (Å²) in [6.45, 7) is 3.93. The van der Waals surface area contributed by atoms with Crippen LogP contribution >= 0.6 is 0 Å². The number of nitrogens with one attached hydrogen (secondary N) is 1. The number of benzene rings is 2. The van der Waals surface area contributed by atoms with Crippen molar-refractivity contribution in [1.29, 1.82) is 0 Å². The fourth-order valence-corrected chi connectivity index (χ4v) is 2.69. The highest BCUT2D eigenvalue weighted by molar-refractivity contribution is 5.79. The highest BCUT2D eigenvalue weighted by Crippen LogP contribution is 2.19. The Morgan fingerprint density at radius 2 is 1.85 bits per heavy atom. The molecule has 0 bridgehead atoms. The van der Waals surface area contributed by atoms with Gasteiger partial charge in [-0.25, -0.2) is 4.79 Å². The zero-order chi connectivity index (χ0) is 18.5. The third kappa shape index (κ3) is 4.30. The molecule has 5 heteroatoms. The maximum Gasteiger partial charge on any atom is 0.336 e. The van der Waals surface area contributed by atoms with Crippen LogP contribution in [0.15, 0.2) is 63.8 Å². The van der Waals surface area contributed by atoms with Crippen molar-refractivity contribution in [3.63, 3.8) is 0 Å². The number of carbonyl (C=O) groups excluding carboxylic acids is 1. The summed E-state index contributed by atoms with van der Waals surface area (Å²) < 4.78 is 10.6. The molecule has 5 nitrogen and oxygen atoms in total. The number of aryl methyl sites for hydroxylation is 1. The summed E-state index contributed by atoms with van der Waals surface area (Å²) in [6.07, 6.45) is 0.987. The molecular formula is C21H21NO4. The van der Waals surface area contributed by atoms with E-state index in [1.165, 1.54) is 11.6 Å². The zero-order valence-corrected chi connectivity index (χ0v) is 14.8. The summed E-state index contributed by atoms with van der Waals surface area (Å²) in [5, 5.41) is 3.71. The lowest BCUT2D eigenvalue weighted by molar-refractivity contribution is -0.123. The molecule has 2 aromatic carbocycles. The molecule has 0 aliphatic rings. The Morgan fingerprint density at radius 3 is 2.58 bits per heavy atom. The molecule has 0 aliphatic heterocycles. The predicted octanol–water partition coefficient (Wildman–Crippen LogP) is 3.61. The molecule has 0 fully saturated rings. The number of rotatable bonds is 6. The largest absolute Gasteiger partial charge is 0.484 e. The van der Waals surface area contributed by atoms with Gasteiger partial charge in [0.25, 0.3) is 5.91 Å². The number of carbonyl (C=O) groups is 1. The van der Waals surface area contributed by atoms with E-state index in [0.29, 0.717) is 11.3 Å². The number of hydrogen-bond acceptors (Lipinski definition) is 4. The quantitative estimate of drug-likeness (QED) is 0.689. The highest BCUT2D eigenvalue weighted by atomic mass is 16.5. The molecule has 0 saturated heterocycles. The molecule has 3 rings (SSSR count).